The molecular formula is C32H52O8. The van der Waals surface area contributed by atoms with Crippen LogP contribution in [0, 0.1) is 29.6 Å². The Labute approximate surface area is 240 Å². The fourth-order valence-electron chi connectivity index (χ4n) is 5.87. The minimum Gasteiger partial charge on any atom is -0.457 e. The molecule has 2 aliphatic rings. The fourth-order valence-corrected chi connectivity index (χ4v) is 5.87. The van der Waals surface area contributed by atoms with E-state index in [4.69, 9.17) is 14.2 Å². The molecule has 1 aliphatic carbocycles. The summed E-state index contributed by atoms with van der Waals surface area (Å²) >= 11 is 0. The molecule has 0 bridgehead atoms. The van der Waals surface area contributed by atoms with Gasteiger partial charge >= 0.3 is 11.9 Å². The lowest BCUT2D eigenvalue weighted by atomic mass is 9.88. The van der Waals surface area contributed by atoms with Crippen molar-refractivity contribution in [3.63, 3.8) is 0 Å². The lowest BCUT2D eigenvalue weighted by Crippen LogP contribution is -2.42. The quantitative estimate of drug-likeness (QED) is 0.201. The molecule has 40 heavy (non-hydrogen) atoms. The highest BCUT2D eigenvalue weighted by molar-refractivity contribution is 5.70. The number of ether oxygens (including phenoxy) is 3. The summed E-state index contributed by atoms with van der Waals surface area (Å²) in [6, 6.07) is 0. The zero-order chi connectivity index (χ0) is 30.2. The normalized spacial score (nSPS) is 36.0. The molecule has 1 fully saturated rings. The first-order valence-electron chi connectivity index (χ1n) is 14.7. The number of hydrogen-bond donors (Lipinski definition) is 3. The van der Waals surface area contributed by atoms with Crippen LogP contribution in [-0.2, 0) is 23.8 Å². The molecule has 1 aliphatic heterocycles. The number of methoxy groups -OCH3 is 1. The zero-order valence-electron chi connectivity index (χ0n) is 25.6. The Kier molecular flexibility index (Phi) is 13.1. The summed E-state index contributed by atoms with van der Waals surface area (Å²) in [6.45, 7) is 12.9. The van der Waals surface area contributed by atoms with E-state index in [1.807, 2.05) is 39.0 Å². The number of hydrogen-bond acceptors (Lipinski definition) is 8. The molecule has 1 saturated carbocycles. The van der Waals surface area contributed by atoms with E-state index < -0.39 is 42.0 Å². The van der Waals surface area contributed by atoms with Crippen molar-refractivity contribution in [1.82, 2.24) is 0 Å². The van der Waals surface area contributed by atoms with Gasteiger partial charge < -0.3 is 29.5 Å². The number of aliphatic hydroxyl groups excluding tert-OH is 2. The Morgan fingerprint density at radius 3 is 2.52 bits per heavy atom. The molecule has 8 nitrogen and oxygen atoms in total. The first-order chi connectivity index (χ1) is 18.7. The highest BCUT2D eigenvalue weighted by Gasteiger charge is 2.48. The van der Waals surface area contributed by atoms with Gasteiger partial charge in [0.05, 0.1) is 24.7 Å². The minimum atomic E-state index is -1.41. The third kappa shape index (κ3) is 9.82. The van der Waals surface area contributed by atoms with Gasteiger partial charge in [-0.05, 0) is 68.9 Å². The molecule has 0 aromatic rings. The van der Waals surface area contributed by atoms with Crippen molar-refractivity contribution in [3.8, 4) is 0 Å². The van der Waals surface area contributed by atoms with Crippen molar-refractivity contribution in [2.45, 2.75) is 117 Å². The van der Waals surface area contributed by atoms with Crippen LogP contribution in [-0.4, -0.2) is 70.5 Å². The van der Waals surface area contributed by atoms with Crippen LogP contribution in [0.25, 0.3) is 0 Å². The summed E-state index contributed by atoms with van der Waals surface area (Å²) < 4.78 is 16.8. The number of carbonyl (C=O) groups excluding carboxylic acids is 2. The third-order valence-electron chi connectivity index (χ3n) is 8.68. The monoisotopic (exact) mass is 564 g/mol. The van der Waals surface area contributed by atoms with E-state index in [1.54, 1.807) is 26.2 Å². The van der Waals surface area contributed by atoms with Crippen LogP contribution < -0.4 is 0 Å². The maximum atomic E-state index is 12.6. The van der Waals surface area contributed by atoms with Crippen molar-refractivity contribution in [2.75, 3.05) is 7.11 Å². The Bertz CT molecular complexity index is 918. The van der Waals surface area contributed by atoms with Gasteiger partial charge in [-0.3, -0.25) is 9.59 Å². The molecule has 0 spiro atoms. The molecule has 0 radical (unpaired) electrons. The molecule has 2 rings (SSSR count). The van der Waals surface area contributed by atoms with Gasteiger partial charge in [-0.25, -0.2) is 0 Å². The first kappa shape index (κ1) is 34.2. The highest BCUT2D eigenvalue weighted by atomic mass is 16.6. The second-order valence-corrected chi connectivity index (χ2v) is 12.2. The van der Waals surface area contributed by atoms with Gasteiger partial charge in [-0.15, -0.1) is 0 Å². The van der Waals surface area contributed by atoms with Gasteiger partial charge in [0.25, 0.3) is 0 Å². The molecule has 0 aromatic carbocycles. The Morgan fingerprint density at radius 2 is 1.93 bits per heavy atom. The number of allylic oxidation sites excluding steroid dienone is 2. The molecule has 0 unspecified atom stereocenters. The number of aliphatic hydroxyl groups is 3. The Balaban J connectivity index is 2.16. The summed E-state index contributed by atoms with van der Waals surface area (Å²) in [5.41, 5.74) is -0.625. The smallest absolute Gasteiger partial charge is 0.309 e. The van der Waals surface area contributed by atoms with E-state index in [1.165, 1.54) is 6.92 Å². The standard InChI is InChI=1S/C32H52O8/c1-9-27(38-8)22(5)25-18-26(25)30(36)19(2)11-10-12-20(3)31-21(4)13-14-28(39-23(6)33)32(7,37)16-15-24(34)17-29(35)40-31/h10-14,19,21-22,24-28,30-31,34,36-37H,9,15-18H2,1-8H3/b11-10+,14-13+,20-12+/t19-,21-,22-,24+,25-,26-,27-,28-,30+,31+,32+/m0/s1. The fraction of sp³-hybridized carbons (Fsp3) is 0.750. The molecule has 3 N–H and O–H groups in total. The van der Waals surface area contributed by atoms with Crippen molar-refractivity contribution in [3.05, 3.63) is 36.0 Å². The zero-order valence-corrected chi connectivity index (χ0v) is 25.6. The Morgan fingerprint density at radius 1 is 1.25 bits per heavy atom. The number of rotatable bonds is 10. The lowest BCUT2D eigenvalue weighted by molar-refractivity contribution is -0.157. The number of esters is 2. The van der Waals surface area contributed by atoms with Gasteiger partial charge in [-0.2, -0.15) is 0 Å². The summed E-state index contributed by atoms with van der Waals surface area (Å²) in [7, 11) is 1.75. The van der Waals surface area contributed by atoms with Crippen LogP contribution in [0.4, 0.5) is 0 Å². The third-order valence-corrected chi connectivity index (χ3v) is 8.68. The molecular weight excluding hydrogens is 512 g/mol. The summed E-state index contributed by atoms with van der Waals surface area (Å²) in [5.74, 6) is -0.272. The molecule has 8 heteroatoms. The average Bonchev–Trinajstić information content (AvgIpc) is 3.68. The Hall–Kier alpha value is -2.00. The van der Waals surface area contributed by atoms with Crippen LogP contribution in [0.5, 0.6) is 0 Å². The summed E-state index contributed by atoms with van der Waals surface area (Å²) in [5, 5.41) is 32.3. The van der Waals surface area contributed by atoms with Crippen molar-refractivity contribution >= 4 is 11.9 Å². The van der Waals surface area contributed by atoms with E-state index in [-0.39, 0.29) is 43.1 Å². The molecule has 0 aromatic heterocycles. The van der Waals surface area contributed by atoms with Gasteiger partial charge in [0.15, 0.2) is 0 Å². The summed E-state index contributed by atoms with van der Waals surface area (Å²) in [6.07, 6.45) is 8.42. The van der Waals surface area contributed by atoms with E-state index in [0.717, 1.165) is 18.4 Å². The highest BCUT2D eigenvalue weighted by Crippen LogP contribution is 2.49. The molecule has 0 amide bonds. The average molecular weight is 565 g/mol. The topological polar surface area (TPSA) is 123 Å². The first-order valence-corrected chi connectivity index (χ1v) is 14.7. The summed E-state index contributed by atoms with van der Waals surface area (Å²) in [4.78, 5) is 24.3. The lowest BCUT2D eigenvalue weighted by Gasteiger charge is -2.32. The number of carbonyl (C=O) groups is 2. The van der Waals surface area contributed by atoms with Gasteiger partial charge in [0, 0.05) is 25.9 Å². The maximum absolute atomic E-state index is 12.6. The van der Waals surface area contributed by atoms with Crippen LogP contribution in [0.3, 0.4) is 0 Å². The van der Waals surface area contributed by atoms with E-state index in [9.17, 15) is 24.9 Å². The van der Waals surface area contributed by atoms with E-state index in [0.29, 0.717) is 11.8 Å². The van der Waals surface area contributed by atoms with Crippen LogP contribution >= 0.6 is 0 Å². The van der Waals surface area contributed by atoms with E-state index >= 15 is 0 Å². The maximum Gasteiger partial charge on any atom is 0.309 e. The molecule has 11 atom stereocenters. The second kappa shape index (κ2) is 15.3. The van der Waals surface area contributed by atoms with Crippen LogP contribution in [0.1, 0.15) is 80.6 Å². The van der Waals surface area contributed by atoms with Gasteiger partial charge in [-0.1, -0.05) is 52.0 Å². The predicted molar refractivity (Wildman–Crippen MR) is 154 cm³/mol. The van der Waals surface area contributed by atoms with Crippen molar-refractivity contribution in [2.24, 2.45) is 29.6 Å². The van der Waals surface area contributed by atoms with Gasteiger partial charge in [0.1, 0.15) is 17.8 Å². The molecule has 0 saturated heterocycles. The minimum absolute atomic E-state index is 0.0492. The SMILES string of the molecule is CC[C@H](OC)[C@@H](C)[C@@H]1C[C@@H]1[C@H](O)[C@@H](C)/C=C/C=C(\C)[C@H]1OC(=O)C[C@H](O)CC[C@@](C)(O)[C@@H](OC(C)=O)/C=C/[C@@H]1C. The van der Waals surface area contributed by atoms with Crippen LogP contribution in [0.2, 0.25) is 0 Å². The van der Waals surface area contributed by atoms with Crippen LogP contribution in [0.15, 0.2) is 36.0 Å². The largest absolute Gasteiger partial charge is 0.457 e. The molecule has 228 valence electrons. The molecule has 1 heterocycles. The van der Waals surface area contributed by atoms with E-state index in [2.05, 4.69) is 13.8 Å². The predicted octanol–water partition coefficient (Wildman–Crippen LogP) is 4.51. The van der Waals surface area contributed by atoms with Crippen molar-refractivity contribution < 1.29 is 39.1 Å². The number of cyclic esters (lactones) is 1. The van der Waals surface area contributed by atoms with Gasteiger partial charge in [0.2, 0.25) is 0 Å². The van der Waals surface area contributed by atoms with Crippen molar-refractivity contribution in [1.29, 1.82) is 0 Å². The second-order valence-electron chi connectivity index (χ2n) is 12.2.